The van der Waals surface area contributed by atoms with Gasteiger partial charge in [0.15, 0.2) is 5.43 Å². The summed E-state index contributed by atoms with van der Waals surface area (Å²) in [5.41, 5.74) is 3.16. The van der Waals surface area contributed by atoms with E-state index in [1.807, 2.05) is 67.6 Å². The van der Waals surface area contributed by atoms with Crippen LogP contribution in [0.15, 0.2) is 108 Å². The molecule has 5 aromatic rings. The molecule has 0 radical (unpaired) electrons. The Hall–Kier alpha value is -4.26. The number of nitrogens with one attached hydrogen (secondary N) is 1. The molecule has 0 aliphatic carbocycles. The first-order valence-corrected chi connectivity index (χ1v) is 13.7. The molecule has 0 saturated heterocycles. The number of benzene rings is 4. The molecule has 0 bridgehead atoms. The molecule has 2 atom stereocenters. The second kappa shape index (κ2) is 10.1. The number of hydrogen-bond acceptors (Lipinski definition) is 4. The highest BCUT2D eigenvalue weighted by Gasteiger charge is 2.45. The van der Waals surface area contributed by atoms with Gasteiger partial charge in [0.1, 0.15) is 11.0 Å². The van der Waals surface area contributed by atoms with Gasteiger partial charge in [-0.3, -0.25) is 19.3 Å². The van der Waals surface area contributed by atoms with Crippen LogP contribution >= 0.6 is 22.9 Å². The lowest BCUT2D eigenvalue weighted by atomic mass is 9.81. The Bertz CT molecular complexity index is 1770. The molecule has 5 nitrogen and oxygen atoms in total. The van der Waals surface area contributed by atoms with Crippen molar-refractivity contribution >= 4 is 55.5 Å². The van der Waals surface area contributed by atoms with Crippen molar-refractivity contribution in [3.05, 3.63) is 141 Å². The standard InChI is InChI=1S/C32H23ClN2O3S/c1-19-12-14-20(15-13-19)26-27-29(36)24-17-16-22(33)18-25(24)39-32(27)35(23-10-6-3-7-11-23)31(38)28(26)34-30(37)21-8-4-2-5-9-21/h2-18,26,28H,1H3,(H,34,37)/t26-,28-/m1/s1. The molecular formula is C32H23ClN2O3S. The Labute approximate surface area is 234 Å². The number of para-hydroxylation sites is 1. The molecule has 1 aromatic heterocycles. The Morgan fingerprint density at radius 3 is 2.23 bits per heavy atom. The first-order chi connectivity index (χ1) is 18.9. The third-order valence-corrected chi connectivity index (χ3v) is 8.37. The van der Waals surface area contributed by atoms with Crippen LogP contribution in [0.4, 0.5) is 10.7 Å². The van der Waals surface area contributed by atoms with Crippen LogP contribution in [0.3, 0.4) is 0 Å². The number of carbonyl (C=O) groups excluding carboxylic acids is 2. The van der Waals surface area contributed by atoms with Gasteiger partial charge in [0, 0.05) is 37.8 Å². The fourth-order valence-electron chi connectivity index (χ4n) is 5.07. The Morgan fingerprint density at radius 1 is 0.872 bits per heavy atom. The fourth-order valence-corrected chi connectivity index (χ4v) is 6.59. The van der Waals surface area contributed by atoms with Crippen molar-refractivity contribution in [1.82, 2.24) is 5.32 Å². The summed E-state index contributed by atoms with van der Waals surface area (Å²) in [5.74, 6) is -1.39. The molecule has 7 heteroatoms. The maximum atomic E-state index is 14.4. The number of anilines is 2. The zero-order chi connectivity index (χ0) is 27.1. The van der Waals surface area contributed by atoms with E-state index in [0.717, 1.165) is 11.1 Å². The molecule has 1 aliphatic heterocycles. The lowest BCUT2D eigenvalue weighted by molar-refractivity contribution is -0.120. The predicted molar refractivity (Wildman–Crippen MR) is 157 cm³/mol. The zero-order valence-corrected chi connectivity index (χ0v) is 22.5. The minimum Gasteiger partial charge on any atom is -0.339 e. The Balaban J connectivity index is 1.63. The molecule has 6 rings (SSSR count). The van der Waals surface area contributed by atoms with Gasteiger partial charge in [0.05, 0.1) is 0 Å². The van der Waals surface area contributed by atoms with Crippen molar-refractivity contribution in [3.63, 3.8) is 0 Å². The van der Waals surface area contributed by atoms with Crippen molar-refractivity contribution in [1.29, 1.82) is 0 Å². The second-order valence-electron chi connectivity index (χ2n) is 9.51. The van der Waals surface area contributed by atoms with Crippen molar-refractivity contribution in [3.8, 4) is 0 Å². The van der Waals surface area contributed by atoms with Crippen molar-refractivity contribution in [2.24, 2.45) is 0 Å². The van der Waals surface area contributed by atoms with Gasteiger partial charge in [-0.15, -0.1) is 11.3 Å². The minimum absolute atomic E-state index is 0.187. The normalized spacial score (nSPS) is 16.7. The van der Waals surface area contributed by atoms with Crippen molar-refractivity contribution in [2.45, 2.75) is 18.9 Å². The van der Waals surface area contributed by atoms with Gasteiger partial charge in [-0.05, 0) is 55.0 Å². The number of rotatable bonds is 4. The van der Waals surface area contributed by atoms with Crippen LogP contribution in [0.1, 0.15) is 33.0 Å². The fraction of sp³-hybridized carbons (Fsp3) is 0.0938. The average molecular weight is 551 g/mol. The molecule has 1 aliphatic rings. The number of halogens is 1. The Kier molecular flexibility index (Phi) is 6.51. The molecule has 192 valence electrons. The smallest absolute Gasteiger partial charge is 0.255 e. The van der Waals surface area contributed by atoms with E-state index in [1.54, 1.807) is 47.4 Å². The lowest BCUT2D eigenvalue weighted by Gasteiger charge is -2.39. The average Bonchev–Trinajstić information content (AvgIpc) is 2.95. The first kappa shape index (κ1) is 25.0. The number of aryl methyl sites for hydroxylation is 1. The molecule has 2 amide bonds. The molecular weight excluding hydrogens is 528 g/mol. The topological polar surface area (TPSA) is 66.5 Å². The number of amides is 2. The second-order valence-corrected chi connectivity index (χ2v) is 11.0. The molecule has 39 heavy (non-hydrogen) atoms. The number of nitrogens with zero attached hydrogens (tertiary/aromatic N) is 1. The first-order valence-electron chi connectivity index (χ1n) is 12.5. The van der Waals surface area contributed by atoms with Gasteiger partial charge in [0.2, 0.25) is 0 Å². The number of carbonyl (C=O) groups is 2. The highest BCUT2D eigenvalue weighted by Crippen LogP contribution is 2.46. The number of fused-ring (bicyclic) bond motifs is 2. The van der Waals surface area contributed by atoms with Gasteiger partial charge in [-0.2, -0.15) is 0 Å². The summed E-state index contributed by atoms with van der Waals surface area (Å²) in [6.07, 6.45) is 0. The third-order valence-electron chi connectivity index (χ3n) is 6.98. The zero-order valence-electron chi connectivity index (χ0n) is 20.9. The van der Waals surface area contributed by atoms with Crippen molar-refractivity contribution < 1.29 is 9.59 Å². The quantitative estimate of drug-likeness (QED) is 0.267. The van der Waals surface area contributed by atoms with E-state index in [2.05, 4.69) is 5.32 Å². The summed E-state index contributed by atoms with van der Waals surface area (Å²) < 4.78 is 0.689. The van der Waals surface area contributed by atoms with E-state index in [1.165, 1.54) is 11.3 Å². The third kappa shape index (κ3) is 4.52. The molecule has 4 aromatic carbocycles. The van der Waals surface area contributed by atoms with E-state index in [0.29, 0.717) is 36.9 Å². The van der Waals surface area contributed by atoms with Crippen LogP contribution in [0.2, 0.25) is 5.02 Å². The van der Waals surface area contributed by atoms with Gasteiger partial charge >= 0.3 is 0 Å². The van der Waals surface area contributed by atoms with Crippen LogP contribution < -0.4 is 15.6 Å². The summed E-state index contributed by atoms with van der Waals surface area (Å²) in [5, 5.41) is 4.55. The monoisotopic (exact) mass is 550 g/mol. The summed E-state index contributed by atoms with van der Waals surface area (Å²) in [7, 11) is 0. The van der Waals surface area contributed by atoms with Crippen LogP contribution in [-0.2, 0) is 4.79 Å². The van der Waals surface area contributed by atoms with Gasteiger partial charge in [-0.25, -0.2) is 0 Å². The summed E-state index contributed by atoms with van der Waals surface area (Å²) in [4.78, 5) is 43.6. The van der Waals surface area contributed by atoms with E-state index in [4.69, 9.17) is 11.6 Å². The molecule has 1 N–H and O–H groups in total. The molecule has 2 heterocycles. The molecule has 0 unspecified atom stereocenters. The molecule has 0 saturated carbocycles. The maximum absolute atomic E-state index is 14.4. The minimum atomic E-state index is -1.02. The van der Waals surface area contributed by atoms with Crippen LogP contribution in [0.25, 0.3) is 10.1 Å². The molecule has 0 fully saturated rings. The highest BCUT2D eigenvalue weighted by atomic mass is 35.5. The summed E-state index contributed by atoms with van der Waals surface area (Å²) in [6.45, 7) is 1.98. The van der Waals surface area contributed by atoms with Gasteiger partial charge < -0.3 is 5.32 Å². The van der Waals surface area contributed by atoms with E-state index >= 15 is 0 Å². The predicted octanol–water partition coefficient (Wildman–Crippen LogP) is 6.83. The largest absolute Gasteiger partial charge is 0.339 e. The molecule has 0 spiro atoms. The maximum Gasteiger partial charge on any atom is 0.255 e. The van der Waals surface area contributed by atoms with E-state index in [-0.39, 0.29) is 17.2 Å². The van der Waals surface area contributed by atoms with E-state index < -0.39 is 12.0 Å². The highest BCUT2D eigenvalue weighted by molar-refractivity contribution is 7.22. The summed E-state index contributed by atoms with van der Waals surface area (Å²) in [6, 6.07) is 29.9. The van der Waals surface area contributed by atoms with Crippen LogP contribution in [0.5, 0.6) is 0 Å². The number of hydrogen-bond donors (Lipinski definition) is 1. The van der Waals surface area contributed by atoms with Gasteiger partial charge in [-0.1, -0.05) is 77.8 Å². The Morgan fingerprint density at radius 2 is 1.54 bits per heavy atom. The van der Waals surface area contributed by atoms with E-state index in [9.17, 15) is 14.4 Å². The lowest BCUT2D eigenvalue weighted by Crippen LogP contribution is -2.54. The van der Waals surface area contributed by atoms with Crippen LogP contribution in [0, 0.1) is 6.92 Å². The van der Waals surface area contributed by atoms with Crippen LogP contribution in [-0.4, -0.2) is 17.9 Å². The SMILES string of the molecule is Cc1ccc([C@@H]2c3c(sc4cc(Cl)ccc4c3=O)N(c3ccccc3)C(=O)[C@@H]2NC(=O)c2ccccc2)cc1. The van der Waals surface area contributed by atoms with Crippen molar-refractivity contribution in [2.75, 3.05) is 4.90 Å². The van der Waals surface area contributed by atoms with Gasteiger partial charge in [0.25, 0.3) is 11.8 Å². The summed E-state index contributed by atoms with van der Waals surface area (Å²) >= 11 is 7.64.